The summed E-state index contributed by atoms with van der Waals surface area (Å²) in [6.45, 7) is 0. The van der Waals surface area contributed by atoms with E-state index in [0.29, 0.717) is 6.42 Å². The van der Waals surface area contributed by atoms with Gasteiger partial charge in [0.15, 0.2) is 0 Å². The molecule has 2 amide bonds. The van der Waals surface area contributed by atoms with Crippen LogP contribution in [0.3, 0.4) is 0 Å². The van der Waals surface area contributed by atoms with Gasteiger partial charge in [0.1, 0.15) is 0 Å². The van der Waals surface area contributed by atoms with Gasteiger partial charge in [-0.1, -0.05) is 0 Å². The van der Waals surface area contributed by atoms with Crippen LogP contribution in [-0.4, -0.2) is 18.9 Å². The van der Waals surface area contributed by atoms with E-state index in [1.165, 1.54) is 13.5 Å². The highest BCUT2D eigenvalue weighted by Gasteiger charge is 1.99. The number of nitrogens with one attached hydrogen (secondary N) is 1. The summed E-state index contributed by atoms with van der Waals surface area (Å²) in [7, 11) is 1.53. The van der Waals surface area contributed by atoms with E-state index in [2.05, 4.69) is 5.32 Å². The van der Waals surface area contributed by atoms with Crippen LogP contribution in [0.15, 0.2) is 0 Å². The Bertz CT molecular complexity index is 134. The molecular formula is C6H11N2O2. The maximum atomic E-state index is 10.5. The summed E-state index contributed by atoms with van der Waals surface area (Å²) in [5.41, 5.74) is 4.83. The van der Waals surface area contributed by atoms with Crippen molar-refractivity contribution < 1.29 is 9.59 Å². The van der Waals surface area contributed by atoms with Crippen LogP contribution >= 0.6 is 0 Å². The summed E-state index contributed by atoms with van der Waals surface area (Å²) < 4.78 is 0. The molecular weight excluding hydrogens is 132 g/mol. The molecule has 0 saturated heterocycles. The van der Waals surface area contributed by atoms with Gasteiger partial charge in [0.2, 0.25) is 11.8 Å². The topological polar surface area (TPSA) is 72.2 Å². The van der Waals surface area contributed by atoms with Gasteiger partial charge in [0.05, 0.1) is 0 Å². The monoisotopic (exact) mass is 143 g/mol. The predicted molar refractivity (Wildman–Crippen MR) is 36.8 cm³/mol. The van der Waals surface area contributed by atoms with Gasteiger partial charge in [-0.2, -0.15) is 0 Å². The van der Waals surface area contributed by atoms with Crippen molar-refractivity contribution in [2.24, 2.45) is 5.73 Å². The number of primary amides is 1. The first-order chi connectivity index (χ1) is 4.66. The molecule has 0 bridgehead atoms. The Morgan fingerprint density at radius 3 is 2.60 bits per heavy atom. The molecule has 0 heterocycles. The molecule has 0 atom stereocenters. The van der Waals surface area contributed by atoms with Crippen molar-refractivity contribution >= 4 is 11.8 Å². The number of carbonyl (C=O) groups excluding carboxylic acids is 2. The molecule has 0 rings (SSSR count). The Morgan fingerprint density at radius 2 is 2.20 bits per heavy atom. The fourth-order valence-corrected chi connectivity index (χ4v) is 0.448. The van der Waals surface area contributed by atoms with Crippen LogP contribution in [0.5, 0.6) is 0 Å². The zero-order valence-corrected chi connectivity index (χ0v) is 5.89. The highest BCUT2D eigenvalue weighted by Crippen LogP contribution is 1.91. The number of hydrogen-bond acceptors (Lipinski definition) is 2. The second-order valence-electron chi connectivity index (χ2n) is 1.82. The van der Waals surface area contributed by atoms with E-state index in [1.807, 2.05) is 0 Å². The minimum absolute atomic E-state index is 0.179. The zero-order chi connectivity index (χ0) is 7.98. The number of amides is 2. The van der Waals surface area contributed by atoms with Crippen molar-refractivity contribution in [2.45, 2.75) is 12.8 Å². The second kappa shape index (κ2) is 4.78. The van der Waals surface area contributed by atoms with Gasteiger partial charge in [-0.3, -0.25) is 9.59 Å². The van der Waals surface area contributed by atoms with Crippen molar-refractivity contribution in [1.29, 1.82) is 0 Å². The van der Waals surface area contributed by atoms with E-state index in [9.17, 15) is 9.59 Å². The van der Waals surface area contributed by atoms with Gasteiger partial charge in [-0.05, 0) is 6.42 Å². The van der Waals surface area contributed by atoms with Crippen molar-refractivity contribution in [1.82, 2.24) is 5.32 Å². The molecule has 0 aromatic carbocycles. The van der Waals surface area contributed by atoms with E-state index in [-0.39, 0.29) is 18.2 Å². The molecule has 4 heteroatoms. The lowest BCUT2D eigenvalue weighted by molar-refractivity contribution is -0.118. The smallest absolute Gasteiger partial charge is 0.223 e. The summed E-state index contributed by atoms with van der Waals surface area (Å²) in [6, 6.07) is 0. The van der Waals surface area contributed by atoms with Crippen LogP contribution in [0, 0.1) is 6.42 Å². The zero-order valence-electron chi connectivity index (χ0n) is 5.89. The summed E-state index contributed by atoms with van der Waals surface area (Å²) in [5.74, 6) is -0.568. The second-order valence-corrected chi connectivity index (χ2v) is 1.82. The fraction of sp³-hybridized carbons (Fsp3) is 0.500. The molecule has 57 valence electrons. The normalized spacial score (nSPS) is 8.90. The fourth-order valence-electron chi connectivity index (χ4n) is 0.448. The third kappa shape index (κ3) is 5.08. The Labute approximate surface area is 59.8 Å². The molecule has 0 aromatic rings. The van der Waals surface area contributed by atoms with Crippen molar-refractivity contribution in [3.8, 4) is 0 Å². The molecule has 0 aliphatic heterocycles. The minimum Gasteiger partial charge on any atom is -0.370 e. The molecule has 1 radical (unpaired) electrons. The number of nitrogens with two attached hydrogens (primary N) is 1. The maximum Gasteiger partial charge on any atom is 0.223 e. The molecule has 0 saturated carbocycles. The SMILES string of the molecule is CNC(=O)[CH]CCC(N)=O. The Morgan fingerprint density at radius 1 is 1.60 bits per heavy atom. The molecule has 0 aliphatic carbocycles. The lowest BCUT2D eigenvalue weighted by atomic mass is 10.2. The van der Waals surface area contributed by atoms with Gasteiger partial charge in [0.25, 0.3) is 0 Å². The summed E-state index contributed by atoms with van der Waals surface area (Å²) in [4.78, 5) is 20.6. The highest BCUT2D eigenvalue weighted by atomic mass is 16.2. The molecule has 0 aliphatic rings. The lowest BCUT2D eigenvalue weighted by Crippen LogP contribution is -2.19. The molecule has 0 spiro atoms. The predicted octanol–water partition coefficient (Wildman–Crippen LogP) is -0.798. The summed E-state index contributed by atoms with van der Waals surface area (Å²) in [5, 5.41) is 2.39. The van der Waals surface area contributed by atoms with Gasteiger partial charge in [-0.25, -0.2) is 0 Å². The van der Waals surface area contributed by atoms with Crippen LogP contribution in [0.2, 0.25) is 0 Å². The quantitative estimate of drug-likeness (QED) is 0.541. The first kappa shape index (κ1) is 8.94. The average Bonchev–Trinajstić information content (AvgIpc) is 1.87. The molecule has 4 nitrogen and oxygen atoms in total. The molecule has 0 unspecified atom stereocenters. The average molecular weight is 143 g/mol. The van der Waals surface area contributed by atoms with Crippen LogP contribution in [0.25, 0.3) is 0 Å². The molecule has 10 heavy (non-hydrogen) atoms. The van der Waals surface area contributed by atoms with Gasteiger partial charge in [-0.15, -0.1) is 0 Å². The van der Waals surface area contributed by atoms with E-state index >= 15 is 0 Å². The van der Waals surface area contributed by atoms with Crippen molar-refractivity contribution in [2.75, 3.05) is 7.05 Å². The van der Waals surface area contributed by atoms with Gasteiger partial charge >= 0.3 is 0 Å². The third-order valence-corrected chi connectivity index (χ3v) is 0.967. The first-order valence-corrected chi connectivity index (χ1v) is 3.00. The number of hydrogen-bond donors (Lipinski definition) is 2. The minimum atomic E-state index is -0.389. The van der Waals surface area contributed by atoms with Crippen LogP contribution in [-0.2, 0) is 9.59 Å². The number of rotatable bonds is 4. The van der Waals surface area contributed by atoms with E-state index < -0.39 is 0 Å². The highest BCUT2D eigenvalue weighted by molar-refractivity contribution is 5.85. The van der Waals surface area contributed by atoms with Crippen molar-refractivity contribution in [3.05, 3.63) is 6.42 Å². The van der Waals surface area contributed by atoms with E-state index in [4.69, 9.17) is 5.73 Å². The van der Waals surface area contributed by atoms with Crippen LogP contribution in [0.4, 0.5) is 0 Å². The van der Waals surface area contributed by atoms with Crippen LogP contribution < -0.4 is 11.1 Å². The van der Waals surface area contributed by atoms with Crippen LogP contribution in [0.1, 0.15) is 12.8 Å². The maximum absolute atomic E-state index is 10.5. The third-order valence-electron chi connectivity index (χ3n) is 0.967. The number of carbonyl (C=O) groups is 2. The first-order valence-electron chi connectivity index (χ1n) is 3.00. The Kier molecular flexibility index (Phi) is 4.28. The Balaban J connectivity index is 3.20. The largest absolute Gasteiger partial charge is 0.370 e. The standard InChI is InChI=1S/C6H11N2O2/c1-8-6(10)4-2-3-5(7)9/h4H,2-3H2,1H3,(H2,7,9)(H,8,10). The Hall–Kier alpha value is -1.06. The van der Waals surface area contributed by atoms with E-state index in [0.717, 1.165) is 0 Å². The summed E-state index contributed by atoms with van der Waals surface area (Å²) >= 11 is 0. The van der Waals surface area contributed by atoms with Gasteiger partial charge < -0.3 is 11.1 Å². The molecule has 3 N–H and O–H groups in total. The molecule has 0 aromatic heterocycles. The van der Waals surface area contributed by atoms with Gasteiger partial charge in [0, 0.05) is 19.9 Å². The van der Waals surface area contributed by atoms with Crippen molar-refractivity contribution in [3.63, 3.8) is 0 Å². The summed E-state index contributed by atoms with van der Waals surface area (Å²) in [6.07, 6.45) is 2.03. The molecule has 0 fully saturated rings. The van der Waals surface area contributed by atoms with E-state index in [1.54, 1.807) is 0 Å². The lowest BCUT2D eigenvalue weighted by Gasteiger charge is -1.95.